The Morgan fingerprint density at radius 1 is 1.21 bits per heavy atom. The van der Waals surface area contributed by atoms with E-state index in [1.807, 2.05) is 6.20 Å². The fraction of sp³-hybridized carbons (Fsp3) is 0.250. The van der Waals surface area contributed by atoms with Gasteiger partial charge in [0.05, 0.1) is 11.9 Å². The summed E-state index contributed by atoms with van der Waals surface area (Å²) in [6, 6.07) is 6.36. The molecule has 0 radical (unpaired) electrons. The van der Waals surface area contributed by atoms with Crippen molar-refractivity contribution in [2.75, 3.05) is 5.73 Å². The summed E-state index contributed by atoms with van der Waals surface area (Å²) in [5, 5.41) is 2.21. The molecule has 72 valence electrons. The molecule has 0 spiro atoms. The highest BCUT2D eigenvalue weighted by molar-refractivity contribution is 5.92. The average molecular weight is 186 g/mol. The van der Waals surface area contributed by atoms with Gasteiger partial charge in [-0.3, -0.25) is 4.98 Å². The van der Waals surface area contributed by atoms with E-state index >= 15 is 0 Å². The molecule has 0 aliphatic heterocycles. The Hall–Kier alpha value is -1.57. The van der Waals surface area contributed by atoms with Crippen LogP contribution in [-0.2, 0) is 0 Å². The van der Waals surface area contributed by atoms with Crippen LogP contribution in [-0.4, -0.2) is 4.98 Å². The van der Waals surface area contributed by atoms with Crippen molar-refractivity contribution < 1.29 is 0 Å². The number of hydrogen-bond donors (Lipinski definition) is 1. The fourth-order valence-corrected chi connectivity index (χ4v) is 1.58. The summed E-state index contributed by atoms with van der Waals surface area (Å²) in [4.78, 5) is 4.09. The minimum absolute atomic E-state index is 0.542. The van der Waals surface area contributed by atoms with Gasteiger partial charge in [-0.2, -0.15) is 0 Å². The molecule has 2 aromatic rings. The van der Waals surface area contributed by atoms with E-state index < -0.39 is 0 Å². The van der Waals surface area contributed by atoms with Crippen molar-refractivity contribution in [1.29, 1.82) is 0 Å². The maximum Gasteiger partial charge on any atom is 0.0580 e. The number of nitrogens with two attached hydrogens (primary N) is 1. The first-order valence-corrected chi connectivity index (χ1v) is 4.81. The largest absolute Gasteiger partial charge is 0.397 e. The lowest BCUT2D eigenvalue weighted by Crippen LogP contribution is -1.91. The molecule has 0 atom stereocenters. The highest BCUT2D eigenvalue weighted by Gasteiger charge is 2.02. The number of nitrogen functional groups attached to an aromatic ring is 1. The zero-order valence-electron chi connectivity index (χ0n) is 8.49. The van der Waals surface area contributed by atoms with Gasteiger partial charge in [0, 0.05) is 17.0 Å². The van der Waals surface area contributed by atoms with E-state index in [4.69, 9.17) is 5.73 Å². The molecule has 0 fully saturated rings. The van der Waals surface area contributed by atoms with Crippen molar-refractivity contribution in [3.05, 3.63) is 36.2 Å². The van der Waals surface area contributed by atoms with Gasteiger partial charge >= 0.3 is 0 Å². The summed E-state index contributed by atoms with van der Waals surface area (Å²) in [5.41, 5.74) is 7.89. The summed E-state index contributed by atoms with van der Waals surface area (Å²) in [7, 11) is 0. The normalized spacial score (nSPS) is 11.1. The topological polar surface area (TPSA) is 38.9 Å². The second-order valence-electron chi connectivity index (χ2n) is 3.86. The van der Waals surface area contributed by atoms with E-state index in [-0.39, 0.29) is 0 Å². The highest BCUT2D eigenvalue weighted by atomic mass is 14.7. The Kier molecular flexibility index (Phi) is 2.12. The number of fused-ring (bicyclic) bond motifs is 1. The molecule has 1 aromatic heterocycles. The van der Waals surface area contributed by atoms with Gasteiger partial charge in [0.15, 0.2) is 0 Å². The first-order chi connectivity index (χ1) is 6.68. The van der Waals surface area contributed by atoms with E-state index in [1.165, 1.54) is 5.56 Å². The monoisotopic (exact) mass is 186 g/mol. The third kappa shape index (κ3) is 1.43. The summed E-state index contributed by atoms with van der Waals surface area (Å²) < 4.78 is 0. The molecule has 1 aromatic carbocycles. The predicted molar refractivity (Wildman–Crippen MR) is 60.2 cm³/mol. The lowest BCUT2D eigenvalue weighted by molar-refractivity contribution is 0.868. The van der Waals surface area contributed by atoms with Gasteiger partial charge in [-0.15, -0.1) is 0 Å². The quantitative estimate of drug-likeness (QED) is 0.743. The minimum Gasteiger partial charge on any atom is -0.397 e. The molecule has 2 rings (SSSR count). The SMILES string of the molecule is CC(C)c1ccc2c(N)cncc2c1. The molecule has 0 unspecified atom stereocenters. The Morgan fingerprint density at radius 2 is 2.00 bits per heavy atom. The third-order valence-corrected chi connectivity index (χ3v) is 2.48. The molecule has 0 aliphatic rings. The van der Waals surface area contributed by atoms with Crippen LogP contribution in [0.5, 0.6) is 0 Å². The van der Waals surface area contributed by atoms with Crippen LogP contribution in [0, 0.1) is 0 Å². The summed E-state index contributed by atoms with van der Waals surface area (Å²) in [6.07, 6.45) is 3.55. The molecule has 0 amide bonds. The Morgan fingerprint density at radius 3 is 2.71 bits per heavy atom. The highest BCUT2D eigenvalue weighted by Crippen LogP contribution is 2.23. The van der Waals surface area contributed by atoms with Crippen LogP contribution in [0.4, 0.5) is 5.69 Å². The summed E-state index contributed by atoms with van der Waals surface area (Å²) in [5.74, 6) is 0.542. The molecule has 0 saturated carbocycles. The van der Waals surface area contributed by atoms with Gasteiger partial charge < -0.3 is 5.73 Å². The number of rotatable bonds is 1. The molecular weight excluding hydrogens is 172 g/mol. The van der Waals surface area contributed by atoms with Gasteiger partial charge in [-0.05, 0) is 17.5 Å². The maximum absolute atomic E-state index is 5.82. The Balaban J connectivity index is 2.67. The molecule has 2 nitrogen and oxygen atoms in total. The van der Waals surface area contributed by atoms with Crippen LogP contribution in [0.25, 0.3) is 10.8 Å². The predicted octanol–water partition coefficient (Wildman–Crippen LogP) is 2.94. The first-order valence-electron chi connectivity index (χ1n) is 4.81. The van der Waals surface area contributed by atoms with Crippen molar-refractivity contribution in [3.8, 4) is 0 Å². The number of benzene rings is 1. The summed E-state index contributed by atoms with van der Waals surface area (Å²) in [6.45, 7) is 4.36. The third-order valence-electron chi connectivity index (χ3n) is 2.48. The smallest absolute Gasteiger partial charge is 0.0580 e. The van der Waals surface area contributed by atoms with E-state index in [0.29, 0.717) is 5.92 Å². The number of anilines is 1. The molecule has 1 heterocycles. The van der Waals surface area contributed by atoms with E-state index in [9.17, 15) is 0 Å². The number of nitrogens with zero attached hydrogens (tertiary/aromatic N) is 1. The van der Waals surface area contributed by atoms with E-state index in [2.05, 4.69) is 37.0 Å². The van der Waals surface area contributed by atoms with Crippen molar-refractivity contribution in [2.24, 2.45) is 0 Å². The fourth-order valence-electron chi connectivity index (χ4n) is 1.58. The zero-order valence-corrected chi connectivity index (χ0v) is 8.49. The average Bonchev–Trinajstić information content (AvgIpc) is 2.17. The summed E-state index contributed by atoms with van der Waals surface area (Å²) >= 11 is 0. The standard InChI is InChI=1S/C12H14N2/c1-8(2)9-3-4-11-10(5-9)6-14-7-12(11)13/h3-8H,13H2,1-2H3. The second kappa shape index (κ2) is 3.29. The maximum atomic E-state index is 5.82. The molecule has 0 bridgehead atoms. The number of hydrogen-bond acceptors (Lipinski definition) is 2. The zero-order chi connectivity index (χ0) is 10.1. The van der Waals surface area contributed by atoms with Crippen molar-refractivity contribution in [3.63, 3.8) is 0 Å². The second-order valence-corrected chi connectivity index (χ2v) is 3.86. The molecule has 2 N–H and O–H groups in total. The van der Waals surface area contributed by atoms with Crippen LogP contribution in [0.15, 0.2) is 30.6 Å². The van der Waals surface area contributed by atoms with Crippen LogP contribution >= 0.6 is 0 Å². The van der Waals surface area contributed by atoms with Crippen molar-refractivity contribution in [1.82, 2.24) is 4.98 Å². The molecule has 14 heavy (non-hydrogen) atoms. The van der Waals surface area contributed by atoms with Crippen LogP contribution in [0.2, 0.25) is 0 Å². The van der Waals surface area contributed by atoms with Crippen LogP contribution in [0.3, 0.4) is 0 Å². The van der Waals surface area contributed by atoms with E-state index in [0.717, 1.165) is 16.5 Å². The van der Waals surface area contributed by atoms with Gasteiger partial charge in [-0.1, -0.05) is 26.0 Å². The van der Waals surface area contributed by atoms with Gasteiger partial charge in [0.25, 0.3) is 0 Å². The van der Waals surface area contributed by atoms with E-state index in [1.54, 1.807) is 6.20 Å². The van der Waals surface area contributed by atoms with Crippen molar-refractivity contribution >= 4 is 16.5 Å². The van der Waals surface area contributed by atoms with Crippen LogP contribution in [0.1, 0.15) is 25.3 Å². The van der Waals surface area contributed by atoms with Crippen molar-refractivity contribution in [2.45, 2.75) is 19.8 Å². The number of pyridine rings is 1. The van der Waals surface area contributed by atoms with Gasteiger partial charge in [-0.25, -0.2) is 0 Å². The van der Waals surface area contributed by atoms with Gasteiger partial charge in [0.2, 0.25) is 0 Å². The molecule has 0 saturated heterocycles. The lowest BCUT2D eigenvalue weighted by Gasteiger charge is -2.07. The molecule has 0 aliphatic carbocycles. The minimum atomic E-state index is 0.542. The first kappa shape index (κ1) is 9.00. The molecule has 2 heteroatoms. The molecular formula is C12H14N2. The number of aromatic nitrogens is 1. The van der Waals surface area contributed by atoms with Crippen LogP contribution < -0.4 is 5.73 Å². The Bertz CT molecular complexity index is 461. The lowest BCUT2D eigenvalue weighted by atomic mass is 10.00. The van der Waals surface area contributed by atoms with Gasteiger partial charge in [0.1, 0.15) is 0 Å². The Labute approximate surface area is 83.8 Å².